The van der Waals surface area contributed by atoms with Gasteiger partial charge in [0, 0.05) is 22.3 Å². The fraction of sp³-hybridized carbons (Fsp3) is 0. The van der Waals surface area contributed by atoms with E-state index in [1.54, 1.807) is 18.2 Å². The number of carboxylic acid groups (broad SMARTS) is 1. The molecule has 0 spiro atoms. The van der Waals surface area contributed by atoms with Gasteiger partial charge in [0.25, 0.3) is 0 Å². The average molecular weight is 609 g/mol. The van der Waals surface area contributed by atoms with E-state index in [0.29, 0.717) is 45.6 Å². The van der Waals surface area contributed by atoms with E-state index in [1.165, 1.54) is 0 Å². The van der Waals surface area contributed by atoms with Crippen molar-refractivity contribution in [3.63, 3.8) is 0 Å². The summed E-state index contributed by atoms with van der Waals surface area (Å²) in [4.78, 5) is 33.3. The molecule has 1 aliphatic heterocycles. The Bertz CT molecular complexity index is 2190. The summed E-state index contributed by atoms with van der Waals surface area (Å²) in [7, 11) is 0. The summed E-state index contributed by atoms with van der Waals surface area (Å²) in [5.74, 6) is -1.06. The van der Waals surface area contributed by atoms with E-state index in [-0.39, 0.29) is 5.56 Å². The number of hydrogen-bond donors (Lipinski definition) is 1. The highest BCUT2D eigenvalue weighted by Crippen LogP contribution is 2.35. The second kappa shape index (κ2) is 13.2. The van der Waals surface area contributed by atoms with Crippen LogP contribution in [-0.2, 0) is 0 Å². The fourth-order valence-electron chi connectivity index (χ4n) is 5.38. The number of aromatic carboxylic acids is 1. The Hall–Kier alpha value is -6.53. The van der Waals surface area contributed by atoms with Crippen LogP contribution in [0.4, 0.5) is 22.7 Å². The van der Waals surface area contributed by atoms with E-state index >= 15 is 0 Å². The van der Waals surface area contributed by atoms with Crippen LogP contribution in [-0.4, -0.2) is 33.9 Å². The standard InChI is InChI=1S/C41H28N4O2/c46-41(47)32-25-26-35-36(27-32)45-40(31-21-11-4-12-22-31)39(30-19-9-3-10-20-30)43-34-24-14-13-23-33(34)42-37(28-15-5-1-6-16-28)38(44-35)29-17-7-2-8-18-29/h1-27H,(H,46,47). The van der Waals surface area contributed by atoms with Crippen molar-refractivity contribution < 1.29 is 9.90 Å². The van der Waals surface area contributed by atoms with Crippen LogP contribution >= 0.6 is 0 Å². The smallest absolute Gasteiger partial charge is 0.335 e. The summed E-state index contributed by atoms with van der Waals surface area (Å²) in [5.41, 5.74) is 8.11. The van der Waals surface area contributed by atoms with Gasteiger partial charge in [0.05, 0.1) is 51.2 Å². The molecule has 6 aromatic carbocycles. The van der Waals surface area contributed by atoms with Gasteiger partial charge in [-0.3, -0.25) is 0 Å². The Labute approximate surface area is 272 Å². The maximum Gasteiger partial charge on any atom is 0.335 e. The van der Waals surface area contributed by atoms with Crippen molar-refractivity contribution in [3.8, 4) is 0 Å². The molecule has 0 radical (unpaired) electrons. The second-order valence-corrected chi connectivity index (χ2v) is 10.8. The molecule has 224 valence electrons. The van der Waals surface area contributed by atoms with Gasteiger partial charge in [0.2, 0.25) is 0 Å². The predicted molar refractivity (Wildman–Crippen MR) is 190 cm³/mol. The third-order valence-electron chi connectivity index (χ3n) is 7.67. The van der Waals surface area contributed by atoms with Gasteiger partial charge < -0.3 is 5.11 Å². The lowest BCUT2D eigenvalue weighted by Crippen LogP contribution is -2.18. The molecule has 47 heavy (non-hydrogen) atoms. The number of hydrogen-bond acceptors (Lipinski definition) is 5. The molecule has 0 aromatic heterocycles. The normalized spacial score (nSPS) is 12.9. The van der Waals surface area contributed by atoms with Crippen molar-refractivity contribution in [1.82, 2.24) is 0 Å². The number of carbonyl (C=O) groups is 1. The SMILES string of the molecule is O=C(O)c1ccc2c(c1)N=C(c1ccccc1)C(c1ccccc1)=Nc1ccccc1N=C(c1ccccc1)C(c1ccccc1)=N2. The van der Waals surface area contributed by atoms with Gasteiger partial charge in [0.15, 0.2) is 0 Å². The number of aliphatic imine (C=N–C) groups is 4. The van der Waals surface area contributed by atoms with Crippen LogP contribution in [0.1, 0.15) is 32.6 Å². The molecule has 7 rings (SSSR count). The summed E-state index contributed by atoms with van der Waals surface area (Å²) in [6, 6.07) is 52.0. The monoisotopic (exact) mass is 608 g/mol. The van der Waals surface area contributed by atoms with Crippen molar-refractivity contribution in [2.45, 2.75) is 0 Å². The molecule has 6 aromatic rings. The Balaban J connectivity index is 1.64. The summed E-state index contributed by atoms with van der Waals surface area (Å²) >= 11 is 0. The lowest BCUT2D eigenvalue weighted by molar-refractivity contribution is 0.0697. The van der Waals surface area contributed by atoms with Crippen molar-refractivity contribution >= 4 is 51.6 Å². The third kappa shape index (κ3) is 6.34. The first kappa shape index (κ1) is 29.2. The van der Waals surface area contributed by atoms with E-state index in [9.17, 15) is 9.90 Å². The highest BCUT2D eigenvalue weighted by Gasteiger charge is 2.21. The predicted octanol–water partition coefficient (Wildman–Crippen LogP) is 9.58. The molecule has 0 saturated heterocycles. The minimum Gasteiger partial charge on any atom is -0.478 e. The molecule has 0 aliphatic carbocycles. The van der Waals surface area contributed by atoms with E-state index in [4.69, 9.17) is 20.0 Å². The van der Waals surface area contributed by atoms with Gasteiger partial charge in [-0.2, -0.15) is 0 Å². The van der Waals surface area contributed by atoms with Gasteiger partial charge in [0.1, 0.15) is 0 Å². The van der Waals surface area contributed by atoms with Gasteiger partial charge in [-0.1, -0.05) is 133 Å². The summed E-state index contributed by atoms with van der Waals surface area (Å²) in [6.45, 7) is 0. The van der Waals surface area contributed by atoms with Crippen LogP contribution in [0.2, 0.25) is 0 Å². The average Bonchev–Trinajstić information content (AvgIpc) is 3.13. The van der Waals surface area contributed by atoms with E-state index in [0.717, 1.165) is 22.3 Å². The zero-order chi connectivity index (χ0) is 32.0. The van der Waals surface area contributed by atoms with Crippen LogP contribution in [0.3, 0.4) is 0 Å². The highest BCUT2D eigenvalue weighted by atomic mass is 16.4. The number of carboxylic acids is 1. The first-order chi connectivity index (χ1) is 23.1. The number of nitrogens with zero attached hydrogens (tertiary/aromatic N) is 4. The van der Waals surface area contributed by atoms with Gasteiger partial charge >= 0.3 is 5.97 Å². The zero-order valence-corrected chi connectivity index (χ0v) is 25.2. The molecule has 6 nitrogen and oxygen atoms in total. The highest BCUT2D eigenvalue weighted by molar-refractivity contribution is 6.55. The number of para-hydroxylation sites is 2. The third-order valence-corrected chi connectivity index (χ3v) is 7.67. The minimum atomic E-state index is -1.06. The molecule has 6 heteroatoms. The molecule has 0 bridgehead atoms. The number of benzene rings is 6. The Kier molecular flexibility index (Phi) is 8.21. The zero-order valence-electron chi connectivity index (χ0n) is 25.2. The second-order valence-electron chi connectivity index (χ2n) is 10.8. The quantitative estimate of drug-likeness (QED) is 0.211. The molecule has 1 aliphatic rings. The largest absolute Gasteiger partial charge is 0.478 e. The van der Waals surface area contributed by atoms with Crippen LogP contribution in [0, 0.1) is 0 Å². The molecular formula is C41H28N4O2. The molecule has 0 saturated carbocycles. The number of rotatable bonds is 5. The molecule has 1 N–H and O–H groups in total. The van der Waals surface area contributed by atoms with Crippen molar-refractivity contribution in [2.24, 2.45) is 20.0 Å². The van der Waals surface area contributed by atoms with Crippen molar-refractivity contribution in [2.75, 3.05) is 0 Å². The number of fused-ring (bicyclic) bond motifs is 2. The van der Waals surface area contributed by atoms with Gasteiger partial charge in [-0.15, -0.1) is 0 Å². The van der Waals surface area contributed by atoms with Crippen LogP contribution in [0.5, 0.6) is 0 Å². The van der Waals surface area contributed by atoms with E-state index in [2.05, 4.69) is 0 Å². The van der Waals surface area contributed by atoms with Crippen LogP contribution in [0.25, 0.3) is 0 Å². The fourth-order valence-corrected chi connectivity index (χ4v) is 5.38. The van der Waals surface area contributed by atoms with Gasteiger partial charge in [-0.25, -0.2) is 24.8 Å². The Morgan fingerprint density at radius 1 is 0.362 bits per heavy atom. The van der Waals surface area contributed by atoms with E-state index < -0.39 is 5.97 Å². The summed E-state index contributed by atoms with van der Waals surface area (Å²) in [5, 5.41) is 10.0. The van der Waals surface area contributed by atoms with Crippen LogP contribution in [0.15, 0.2) is 184 Å². The van der Waals surface area contributed by atoms with Crippen molar-refractivity contribution in [1.29, 1.82) is 0 Å². The summed E-state index contributed by atoms with van der Waals surface area (Å²) in [6.07, 6.45) is 0. The summed E-state index contributed by atoms with van der Waals surface area (Å²) < 4.78 is 0. The topological polar surface area (TPSA) is 86.7 Å². The molecule has 0 amide bonds. The Morgan fingerprint density at radius 3 is 1.00 bits per heavy atom. The lowest BCUT2D eigenvalue weighted by atomic mass is 9.98. The maximum atomic E-state index is 12.2. The lowest BCUT2D eigenvalue weighted by Gasteiger charge is -2.17. The first-order valence-electron chi connectivity index (χ1n) is 15.2. The minimum absolute atomic E-state index is 0.101. The van der Waals surface area contributed by atoms with E-state index in [1.807, 2.05) is 146 Å². The molecule has 0 fully saturated rings. The molecule has 0 unspecified atom stereocenters. The van der Waals surface area contributed by atoms with Crippen LogP contribution < -0.4 is 0 Å². The molecule has 0 atom stereocenters. The molecule has 1 heterocycles. The molecular weight excluding hydrogens is 580 g/mol. The first-order valence-corrected chi connectivity index (χ1v) is 15.2. The van der Waals surface area contributed by atoms with Crippen molar-refractivity contribution in [3.05, 3.63) is 192 Å². The maximum absolute atomic E-state index is 12.2. The van der Waals surface area contributed by atoms with Gasteiger partial charge in [-0.05, 0) is 30.3 Å². The Morgan fingerprint density at radius 2 is 0.660 bits per heavy atom.